The van der Waals surface area contributed by atoms with E-state index in [2.05, 4.69) is 4.74 Å². The predicted octanol–water partition coefficient (Wildman–Crippen LogP) is 6.41. The van der Waals surface area contributed by atoms with Crippen LogP contribution in [0.4, 0.5) is 13.2 Å². The molecule has 3 aromatic rings. The number of ether oxygens (including phenoxy) is 1. The number of Topliss-reactive ketones (excluding diaryl/α,β-unsaturated/α-hetero) is 1. The molecule has 0 spiro atoms. The van der Waals surface area contributed by atoms with Crippen LogP contribution in [0.3, 0.4) is 0 Å². The summed E-state index contributed by atoms with van der Waals surface area (Å²) in [6, 6.07) is 7.49. The number of hydrogen-bond donors (Lipinski definition) is 0. The zero-order valence-electron chi connectivity index (χ0n) is 14.3. The topological polar surface area (TPSA) is 31.2 Å². The molecule has 1 heterocycles. The van der Waals surface area contributed by atoms with Gasteiger partial charge < -0.3 is 9.30 Å². The summed E-state index contributed by atoms with van der Waals surface area (Å²) in [4.78, 5) is 11.7. The van der Waals surface area contributed by atoms with Crippen molar-refractivity contribution < 1.29 is 22.7 Å². The normalized spacial score (nSPS) is 11.8. The van der Waals surface area contributed by atoms with Crippen LogP contribution in [-0.4, -0.2) is 16.7 Å². The summed E-state index contributed by atoms with van der Waals surface area (Å²) in [6.07, 6.45) is -3.03. The van der Waals surface area contributed by atoms with E-state index in [-0.39, 0.29) is 23.1 Å². The van der Waals surface area contributed by atoms with Gasteiger partial charge in [-0.1, -0.05) is 23.2 Å². The maximum atomic E-state index is 12.5. The smallest absolute Gasteiger partial charge is 0.406 e. The number of fused-ring (bicyclic) bond motifs is 1. The minimum absolute atomic E-state index is 0.180. The van der Waals surface area contributed by atoms with E-state index in [0.29, 0.717) is 27.1 Å². The van der Waals surface area contributed by atoms with Crippen molar-refractivity contribution in [3.8, 4) is 5.75 Å². The van der Waals surface area contributed by atoms with Crippen LogP contribution >= 0.6 is 23.2 Å². The Morgan fingerprint density at radius 3 is 2.52 bits per heavy atom. The summed E-state index contributed by atoms with van der Waals surface area (Å²) >= 11 is 12.6. The van der Waals surface area contributed by atoms with E-state index in [1.807, 2.05) is 4.57 Å². The van der Waals surface area contributed by atoms with Gasteiger partial charge >= 0.3 is 6.36 Å². The standard InChI is InChI=1S/C19H14Cl2F3NO2/c1-10-7-13(27-19(22,23)24)8-12-5-6-25(18(10)12)9-15-16(20)4-3-14(11(2)26)17(15)21/h3-8H,9H2,1-2H3. The molecule has 2 aromatic carbocycles. The summed E-state index contributed by atoms with van der Waals surface area (Å²) in [7, 11) is 0. The SMILES string of the molecule is CC(=O)c1ccc(Cl)c(Cn2ccc3cc(OC(F)(F)F)cc(C)c32)c1Cl. The Labute approximate surface area is 163 Å². The number of carbonyl (C=O) groups is 1. The van der Waals surface area contributed by atoms with Gasteiger partial charge in [-0.15, -0.1) is 13.2 Å². The van der Waals surface area contributed by atoms with Gasteiger partial charge in [0.15, 0.2) is 5.78 Å². The number of aromatic nitrogens is 1. The fourth-order valence-electron chi connectivity index (χ4n) is 3.05. The van der Waals surface area contributed by atoms with Crippen molar-refractivity contribution in [2.45, 2.75) is 26.8 Å². The lowest BCUT2D eigenvalue weighted by molar-refractivity contribution is -0.274. The first kappa shape index (κ1) is 19.6. The number of hydrogen-bond acceptors (Lipinski definition) is 2. The van der Waals surface area contributed by atoms with Gasteiger partial charge in [0.1, 0.15) is 5.75 Å². The Balaban J connectivity index is 2.05. The highest BCUT2D eigenvalue weighted by Gasteiger charge is 2.31. The highest BCUT2D eigenvalue weighted by Crippen LogP contribution is 2.33. The second-order valence-electron chi connectivity index (χ2n) is 6.11. The number of ketones is 1. The van der Waals surface area contributed by atoms with Crippen molar-refractivity contribution in [3.63, 3.8) is 0 Å². The van der Waals surface area contributed by atoms with Crippen molar-refractivity contribution in [2.24, 2.45) is 0 Å². The molecule has 0 aliphatic carbocycles. The zero-order valence-corrected chi connectivity index (χ0v) is 15.8. The number of benzene rings is 2. The largest absolute Gasteiger partial charge is 0.573 e. The fraction of sp³-hybridized carbons (Fsp3) is 0.211. The van der Waals surface area contributed by atoms with E-state index in [9.17, 15) is 18.0 Å². The number of nitrogens with zero attached hydrogens (tertiary/aromatic N) is 1. The maximum absolute atomic E-state index is 12.5. The van der Waals surface area contributed by atoms with Gasteiger partial charge in [0.2, 0.25) is 0 Å². The van der Waals surface area contributed by atoms with Gasteiger partial charge in [-0.3, -0.25) is 4.79 Å². The molecule has 0 saturated heterocycles. The van der Waals surface area contributed by atoms with Crippen LogP contribution in [0.2, 0.25) is 10.0 Å². The van der Waals surface area contributed by atoms with Gasteiger partial charge in [-0.2, -0.15) is 0 Å². The molecule has 0 aliphatic rings. The minimum Gasteiger partial charge on any atom is -0.406 e. The van der Waals surface area contributed by atoms with E-state index in [1.54, 1.807) is 31.3 Å². The third kappa shape index (κ3) is 4.06. The zero-order chi connectivity index (χ0) is 19.9. The average Bonchev–Trinajstić information content (AvgIpc) is 2.92. The molecule has 27 heavy (non-hydrogen) atoms. The Morgan fingerprint density at radius 2 is 1.89 bits per heavy atom. The molecular formula is C19H14Cl2F3NO2. The molecular weight excluding hydrogens is 402 g/mol. The van der Waals surface area contributed by atoms with E-state index in [1.165, 1.54) is 19.1 Å². The first-order chi connectivity index (χ1) is 12.6. The summed E-state index contributed by atoms with van der Waals surface area (Å²) in [5.41, 5.74) is 2.26. The van der Waals surface area contributed by atoms with Crippen molar-refractivity contribution >= 4 is 39.9 Å². The lowest BCUT2D eigenvalue weighted by Gasteiger charge is -2.14. The molecule has 0 atom stereocenters. The summed E-state index contributed by atoms with van der Waals surface area (Å²) in [5.74, 6) is -0.458. The maximum Gasteiger partial charge on any atom is 0.573 e. The summed E-state index contributed by atoms with van der Waals surface area (Å²) in [5, 5.41) is 1.26. The quantitative estimate of drug-likeness (QED) is 0.461. The third-order valence-electron chi connectivity index (χ3n) is 4.15. The van der Waals surface area contributed by atoms with E-state index in [4.69, 9.17) is 23.2 Å². The van der Waals surface area contributed by atoms with Crippen molar-refractivity contribution in [2.75, 3.05) is 0 Å². The van der Waals surface area contributed by atoms with Crippen molar-refractivity contribution in [3.05, 3.63) is 63.3 Å². The average molecular weight is 416 g/mol. The predicted molar refractivity (Wildman–Crippen MR) is 98.9 cm³/mol. The molecule has 0 radical (unpaired) electrons. The second-order valence-corrected chi connectivity index (χ2v) is 6.90. The van der Waals surface area contributed by atoms with Crippen LogP contribution in [0, 0.1) is 6.92 Å². The molecule has 0 aliphatic heterocycles. The first-order valence-corrected chi connectivity index (χ1v) is 8.65. The molecule has 3 rings (SSSR count). The molecule has 0 saturated carbocycles. The Bertz CT molecular complexity index is 1040. The van der Waals surface area contributed by atoms with E-state index >= 15 is 0 Å². The highest BCUT2D eigenvalue weighted by molar-refractivity contribution is 6.38. The van der Waals surface area contributed by atoms with Gasteiger partial charge in [-0.25, -0.2) is 0 Å². The number of halogens is 5. The lowest BCUT2D eigenvalue weighted by atomic mass is 10.1. The van der Waals surface area contributed by atoms with Crippen LogP contribution < -0.4 is 4.74 Å². The van der Waals surface area contributed by atoms with Gasteiger partial charge in [0.25, 0.3) is 0 Å². The molecule has 1 aromatic heterocycles. The second kappa shape index (κ2) is 7.09. The fourth-order valence-corrected chi connectivity index (χ4v) is 3.67. The van der Waals surface area contributed by atoms with Crippen LogP contribution in [0.5, 0.6) is 5.75 Å². The molecule has 3 nitrogen and oxygen atoms in total. The van der Waals surface area contributed by atoms with E-state index < -0.39 is 6.36 Å². The molecule has 0 bridgehead atoms. The Kier molecular flexibility index (Phi) is 5.14. The molecule has 0 amide bonds. The highest BCUT2D eigenvalue weighted by atomic mass is 35.5. The van der Waals surface area contributed by atoms with Crippen LogP contribution in [0.1, 0.15) is 28.4 Å². The first-order valence-electron chi connectivity index (χ1n) is 7.90. The summed E-state index contributed by atoms with van der Waals surface area (Å²) in [6.45, 7) is 3.37. The molecule has 0 unspecified atom stereocenters. The monoisotopic (exact) mass is 415 g/mol. The number of carbonyl (C=O) groups excluding carboxylic acids is 1. The molecule has 8 heteroatoms. The Morgan fingerprint density at radius 1 is 1.19 bits per heavy atom. The number of aryl methyl sites for hydroxylation is 1. The van der Waals surface area contributed by atoms with Gasteiger partial charge in [0, 0.05) is 27.7 Å². The van der Waals surface area contributed by atoms with Crippen LogP contribution in [0.25, 0.3) is 10.9 Å². The number of rotatable bonds is 4. The van der Waals surface area contributed by atoms with Crippen LogP contribution in [0.15, 0.2) is 36.5 Å². The van der Waals surface area contributed by atoms with E-state index in [0.717, 1.165) is 5.52 Å². The molecule has 0 N–H and O–H groups in total. The minimum atomic E-state index is -4.75. The van der Waals surface area contributed by atoms with Crippen molar-refractivity contribution in [1.29, 1.82) is 0 Å². The lowest BCUT2D eigenvalue weighted by Crippen LogP contribution is -2.17. The third-order valence-corrected chi connectivity index (χ3v) is 4.94. The van der Waals surface area contributed by atoms with Gasteiger partial charge in [-0.05, 0) is 49.7 Å². The molecule has 142 valence electrons. The summed E-state index contributed by atoms with van der Waals surface area (Å²) < 4.78 is 43.2. The molecule has 0 fully saturated rings. The van der Waals surface area contributed by atoms with Crippen molar-refractivity contribution in [1.82, 2.24) is 4.57 Å². The van der Waals surface area contributed by atoms with Gasteiger partial charge in [0.05, 0.1) is 17.1 Å². The number of alkyl halides is 3. The van der Waals surface area contributed by atoms with Crippen LogP contribution in [-0.2, 0) is 6.54 Å². The Hall–Kier alpha value is -2.18.